The van der Waals surface area contributed by atoms with E-state index in [0.717, 1.165) is 49.1 Å². The number of nitrogens with zero attached hydrogens (tertiary/aromatic N) is 2. The summed E-state index contributed by atoms with van der Waals surface area (Å²) < 4.78 is 12.0. The zero-order valence-corrected chi connectivity index (χ0v) is 18.8. The number of morpholine rings is 1. The van der Waals surface area contributed by atoms with E-state index in [2.05, 4.69) is 67.4 Å². The number of rotatable bonds is 8. The Morgan fingerprint density at radius 3 is 2.39 bits per heavy atom. The Kier molecular flexibility index (Phi) is 7.05. The third-order valence-electron chi connectivity index (χ3n) is 5.65. The number of hydrogen-bond acceptors (Lipinski definition) is 5. The molecule has 0 radical (unpaired) electrons. The SMILES string of the molecule is Cc1ccc(CNC(CC(C)C)c2nc(-c3ccccc3)c(N3CCOCC3)o2)cc1. The molecule has 1 aromatic heterocycles. The lowest BCUT2D eigenvalue weighted by Gasteiger charge is -2.27. The van der Waals surface area contributed by atoms with Crippen molar-refractivity contribution < 1.29 is 9.15 Å². The van der Waals surface area contributed by atoms with E-state index in [1.165, 1.54) is 11.1 Å². The van der Waals surface area contributed by atoms with Crippen LogP contribution in [-0.4, -0.2) is 31.3 Å². The van der Waals surface area contributed by atoms with Crippen LogP contribution < -0.4 is 10.2 Å². The van der Waals surface area contributed by atoms with Gasteiger partial charge in [0.25, 0.3) is 0 Å². The van der Waals surface area contributed by atoms with Crippen molar-refractivity contribution in [2.24, 2.45) is 5.92 Å². The summed E-state index contributed by atoms with van der Waals surface area (Å²) in [5.74, 6) is 2.14. The molecule has 1 unspecified atom stereocenters. The molecule has 1 aliphatic rings. The van der Waals surface area contributed by atoms with Crippen molar-refractivity contribution in [3.63, 3.8) is 0 Å². The van der Waals surface area contributed by atoms with Gasteiger partial charge in [0, 0.05) is 25.2 Å². The Morgan fingerprint density at radius 2 is 1.71 bits per heavy atom. The van der Waals surface area contributed by atoms with E-state index in [9.17, 15) is 0 Å². The predicted molar refractivity (Wildman–Crippen MR) is 125 cm³/mol. The summed E-state index contributed by atoms with van der Waals surface area (Å²) in [5.41, 5.74) is 4.55. The normalized spacial score (nSPS) is 15.4. The molecule has 0 aliphatic carbocycles. The van der Waals surface area contributed by atoms with Crippen LogP contribution in [0.1, 0.15) is 43.3 Å². The first-order valence-corrected chi connectivity index (χ1v) is 11.3. The van der Waals surface area contributed by atoms with Crippen LogP contribution in [0.25, 0.3) is 11.3 Å². The average molecular weight is 420 g/mol. The van der Waals surface area contributed by atoms with Gasteiger partial charge in [0.1, 0.15) is 5.69 Å². The first kappa shape index (κ1) is 21.6. The minimum absolute atomic E-state index is 0.0542. The first-order valence-electron chi connectivity index (χ1n) is 11.3. The fourth-order valence-electron chi connectivity index (χ4n) is 3.93. The van der Waals surface area contributed by atoms with Crippen LogP contribution in [-0.2, 0) is 11.3 Å². The molecule has 1 aliphatic heterocycles. The molecule has 5 nitrogen and oxygen atoms in total. The Labute approximate surface area is 185 Å². The van der Waals surface area contributed by atoms with Crippen molar-refractivity contribution in [1.82, 2.24) is 10.3 Å². The molecule has 1 atom stereocenters. The molecule has 0 amide bonds. The molecule has 1 fully saturated rings. The summed E-state index contributed by atoms with van der Waals surface area (Å²) in [6.07, 6.45) is 0.961. The number of aromatic nitrogens is 1. The maximum atomic E-state index is 6.48. The van der Waals surface area contributed by atoms with Crippen LogP contribution in [0.15, 0.2) is 59.0 Å². The van der Waals surface area contributed by atoms with Crippen molar-refractivity contribution in [3.8, 4) is 11.3 Å². The van der Waals surface area contributed by atoms with Crippen LogP contribution in [0, 0.1) is 12.8 Å². The van der Waals surface area contributed by atoms with Gasteiger partial charge in [-0.1, -0.05) is 74.0 Å². The largest absolute Gasteiger partial charge is 0.423 e. The lowest BCUT2D eigenvalue weighted by molar-refractivity contribution is 0.120. The van der Waals surface area contributed by atoms with Crippen molar-refractivity contribution in [1.29, 1.82) is 0 Å². The summed E-state index contributed by atoms with van der Waals surface area (Å²) in [4.78, 5) is 7.28. The number of anilines is 1. The lowest BCUT2D eigenvalue weighted by atomic mass is 10.0. The van der Waals surface area contributed by atoms with E-state index in [1.807, 2.05) is 18.2 Å². The maximum Gasteiger partial charge on any atom is 0.224 e. The quantitative estimate of drug-likeness (QED) is 0.532. The van der Waals surface area contributed by atoms with Crippen molar-refractivity contribution >= 4 is 5.88 Å². The zero-order valence-electron chi connectivity index (χ0n) is 18.8. The third-order valence-corrected chi connectivity index (χ3v) is 5.65. The summed E-state index contributed by atoms with van der Waals surface area (Å²) in [5, 5.41) is 3.70. The summed E-state index contributed by atoms with van der Waals surface area (Å²) >= 11 is 0. The van der Waals surface area contributed by atoms with Crippen molar-refractivity contribution in [2.75, 3.05) is 31.2 Å². The number of benzene rings is 2. The van der Waals surface area contributed by atoms with Gasteiger partial charge in [-0.25, -0.2) is 4.98 Å². The fourth-order valence-corrected chi connectivity index (χ4v) is 3.93. The molecule has 164 valence electrons. The Balaban J connectivity index is 1.63. The number of ether oxygens (including phenoxy) is 1. The molecule has 31 heavy (non-hydrogen) atoms. The number of aryl methyl sites for hydroxylation is 1. The molecule has 1 N–H and O–H groups in total. The van der Waals surface area contributed by atoms with Crippen LogP contribution in [0.4, 0.5) is 5.88 Å². The smallest absolute Gasteiger partial charge is 0.224 e. The van der Waals surface area contributed by atoms with Gasteiger partial charge < -0.3 is 19.4 Å². The molecule has 0 spiro atoms. The molecule has 1 saturated heterocycles. The second-order valence-corrected chi connectivity index (χ2v) is 8.72. The maximum absolute atomic E-state index is 6.48. The summed E-state index contributed by atoms with van der Waals surface area (Å²) in [6.45, 7) is 10.4. The fraction of sp³-hybridized carbons (Fsp3) is 0.423. The topological polar surface area (TPSA) is 50.5 Å². The molecule has 0 bridgehead atoms. The Morgan fingerprint density at radius 1 is 1.00 bits per heavy atom. The number of oxazole rings is 1. The second kappa shape index (κ2) is 10.1. The van der Waals surface area contributed by atoms with Crippen molar-refractivity contribution in [2.45, 2.75) is 39.8 Å². The minimum Gasteiger partial charge on any atom is -0.423 e. The molecule has 0 saturated carbocycles. The van der Waals surface area contributed by atoms with Gasteiger partial charge in [-0.3, -0.25) is 0 Å². The first-order chi connectivity index (χ1) is 15.1. The van der Waals surface area contributed by atoms with Gasteiger partial charge in [0.15, 0.2) is 0 Å². The summed E-state index contributed by atoms with van der Waals surface area (Å²) in [6, 6.07) is 19.1. The molecule has 4 rings (SSSR count). The third kappa shape index (κ3) is 5.54. The highest BCUT2D eigenvalue weighted by Crippen LogP contribution is 2.35. The highest BCUT2D eigenvalue weighted by Gasteiger charge is 2.26. The monoisotopic (exact) mass is 419 g/mol. The highest BCUT2D eigenvalue weighted by molar-refractivity contribution is 5.71. The molecule has 5 heteroatoms. The zero-order chi connectivity index (χ0) is 21.6. The molecule has 2 heterocycles. The molecular weight excluding hydrogens is 386 g/mol. The average Bonchev–Trinajstić information content (AvgIpc) is 3.24. The highest BCUT2D eigenvalue weighted by atomic mass is 16.5. The van der Waals surface area contributed by atoms with Crippen LogP contribution in [0.3, 0.4) is 0 Å². The van der Waals surface area contributed by atoms with Gasteiger partial charge in [0.2, 0.25) is 11.8 Å². The van der Waals surface area contributed by atoms with Gasteiger partial charge in [-0.2, -0.15) is 0 Å². The lowest BCUT2D eigenvalue weighted by Crippen LogP contribution is -2.36. The summed E-state index contributed by atoms with van der Waals surface area (Å²) in [7, 11) is 0. The standard InChI is InChI=1S/C26H33N3O2/c1-19(2)17-23(27-18-21-11-9-20(3)10-12-21)25-28-24(22-7-5-4-6-8-22)26(31-25)29-13-15-30-16-14-29/h4-12,19,23,27H,13-18H2,1-3H3. The second-order valence-electron chi connectivity index (χ2n) is 8.72. The number of nitrogens with one attached hydrogen (secondary N) is 1. The van der Waals surface area contributed by atoms with E-state index < -0.39 is 0 Å². The van der Waals surface area contributed by atoms with E-state index in [4.69, 9.17) is 14.1 Å². The van der Waals surface area contributed by atoms with Gasteiger partial charge in [-0.05, 0) is 24.8 Å². The van der Waals surface area contributed by atoms with E-state index in [0.29, 0.717) is 19.1 Å². The molecule has 2 aromatic carbocycles. The molecular formula is C26H33N3O2. The van der Waals surface area contributed by atoms with E-state index in [1.54, 1.807) is 0 Å². The van der Waals surface area contributed by atoms with E-state index in [-0.39, 0.29) is 6.04 Å². The predicted octanol–water partition coefficient (Wildman–Crippen LogP) is 5.36. The van der Waals surface area contributed by atoms with Gasteiger partial charge in [0.05, 0.1) is 19.3 Å². The van der Waals surface area contributed by atoms with Crippen LogP contribution in [0.2, 0.25) is 0 Å². The van der Waals surface area contributed by atoms with Crippen LogP contribution in [0.5, 0.6) is 0 Å². The van der Waals surface area contributed by atoms with Gasteiger partial charge in [-0.15, -0.1) is 0 Å². The minimum atomic E-state index is 0.0542. The Bertz CT molecular complexity index is 945. The van der Waals surface area contributed by atoms with Gasteiger partial charge >= 0.3 is 0 Å². The number of hydrogen-bond donors (Lipinski definition) is 1. The molecule has 3 aromatic rings. The van der Waals surface area contributed by atoms with E-state index >= 15 is 0 Å². The van der Waals surface area contributed by atoms with Crippen molar-refractivity contribution in [3.05, 3.63) is 71.6 Å². The van der Waals surface area contributed by atoms with Crippen LogP contribution >= 0.6 is 0 Å². The Hall–Kier alpha value is -2.63.